The molecule has 1 fully saturated rings. The summed E-state index contributed by atoms with van der Waals surface area (Å²) in [6.45, 7) is 6.87. The van der Waals surface area contributed by atoms with Gasteiger partial charge in [-0.2, -0.15) is 0 Å². The van der Waals surface area contributed by atoms with E-state index >= 15 is 0 Å². The molecule has 0 saturated carbocycles. The second kappa shape index (κ2) is 9.97. The third-order valence-corrected chi connectivity index (χ3v) is 5.06. The number of halogens is 2. The van der Waals surface area contributed by atoms with Gasteiger partial charge >= 0.3 is 6.09 Å². The summed E-state index contributed by atoms with van der Waals surface area (Å²) >= 11 is 0. The third kappa shape index (κ3) is 6.50. The molecular weight excluding hydrogens is 432 g/mol. The first-order valence-corrected chi connectivity index (χ1v) is 10.6. The Kier molecular flexibility index (Phi) is 7.30. The quantitative estimate of drug-likeness (QED) is 0.758. The first kappa shape index (κ1) is 24.2. The van der Waals surface area contributed by atoms with E-state index in [0.717, 1.165) is 17.7 Å². The topological polar surface area (TPSA) is 79.0 Å². The minimum absolute atomic E-state index is 0.0734. The van der Waals surface area contributed by atoms with Gasteiger partial charge in [0.1, 0.15) is 5.60 Å². The first-order chi connectivity index (χ1) is 15.5. The van der Waals surface area contributed by atoms with Crippen molar-refractivity contribution in [1.82, 2.24) is 15.1 Å². The van der Waals surface area contributed by atoms with E-state index in [9.17, 15) is 23.2 Å². The van der Waals surface area contributed by atoms with Gasteiger partial charge < -0.3 is 19.9 Å². The summed E-state index contributed by atoms with van der Waals surface area (Å²) < 4.78 is 31.7. The molecular formula is C24H27F2N3O4. The summed E-state index contributed by atoms with van der Waals surface area (Å²) in [7, 11) is 0. The SMILES string of the molecule is CC(C)(C)OC(=O)NCc1ccc(C(=O)N2CCN(C(=O)c3ccc(F)c(F)c3)CC2)cc1. The van der Waals surface area contributed by atoms with Crippen molar-refractivity contribution in [2.75, 3.05) is 26.2 Å². The number of nitrogens with one attached hydrogen (secondary N) is 1. The van der Waals surface area contributed by atoms with Gasteiger partial charge in [0.25, 0.3) is 11.8 Å². The second-order valence-electron chi connectivity index (χ2n) is 8.77. The molecule has 2 aromatic rings. The fraction of sp³-hybridized carbons (Fsp3) is 0.375. The predicted molar refractivity (Wildman–Crippen MR) is 118 cm³/mol. The van der Waals surface area contributed by atoms with Gasteiger partial charge in [-0.15, -0.1) is 0 Å². The van der Waals surface area contributed by atoms with Crippen LogP contribution in [0.1, 0.15) is 47.1 Å². The molecule has 1 saturated heterocycles. The molecule has 2 aromatic carbocycles. The normalized spacial score (nSPS) is 14.1. The van der Waals surface area contributed by atoms with E-state index < -0.39 is 29.2 Å². The highest BCUT2D eigenvalue weighted by Crippen LogP contribution is 2.15. The van der Waals surface area contributed by atoms with Crippen LogP contribution in [0.2, 0.25) is 0 Å². The second-order valence-corrected chi connectivity index (χ2v) is 8.77. The van der Waals surface area contributed by atoms with Gasteiger partial charge in [-0.1, -0.05) is 12.1 Å². The molecule has 1 aliphatic rings. The molecule has 1 N–H and O–H groups in total. The van der Waals surface area contributed by atoms with Gasteiger partial charge in [0.05, 0.1) is 0 Å². The van der Waals surface area contributed by atoms with Crippen LogP contribution in [-0.2, 0) is 11.3 Å². The van der Waals surface area contributed by atoms with Crippen molar-refractivity contribution in [3.63, 3.8) is 0 Å². The van der Waals surface area contributed by atoms with Crippen LogP contribution < -0.4 is 5.32 Å². The Bertz CT molecular complexity index is 1030. The number of nitrogens with zero attached hydrogens (tertiary/aromatic N) is 2. The number of benzene rings is 2. The maximum atomic E-state index is 13.4. The lowest BCUT2D eigenvalue weighted by atomic mass is 10.1. The molecule has 9 heteroatoms. The molecule has 0 unspecified atom stereocenters. The van der Waals surface area contributed by atoms with Crippen molar-refractivity contribution in [3.8, 4) is 0 Å². The standard InChI is InChI=1S/C24H27F2N3O4/c1-24(2,3)33-23(32)27-15-16-4-6-17(7-5-16)21(30)28-10-12-29(13-11-28)22(31)18-8-9-19(25)20(26)14-18/h4-9,14H,10-13,15H2,1-3H3,(H,27,32). The molecule has 0 spiro atoms. The highest BCUT2D eigenvalue weighted by Gasteiger charge is 2.26. The Morgan fingerprint density at radius 2 is 1.36 bits per heavy atom. The fourth-order valence-corrected chi connectivity index (χ4v) is 3.36. The van der Waals surface area contributed by atoms with Gasteiger partial charge in [-0.25, -0.2) is 13.6 Å². The van der Waals surface area contributed by atoms with Gasteiger partial charge in [-0.3, -0.25) is 9.59 Å². The lowest BCUT2D eigenvalue weighted by Gasteiger charge is -2.35. The largest absolute Gasteiger partial charge is 0.444 e. The summed E-state index contributed by atoms with van der Waals surface area (Å²) in [6, 6.07) is 9.95. The molecule has 0 aliphatic carbocycles. The number of carbonyl (C=O) groups is 3. The number of piperazine rings is 1. The lowest BCUT2D eigenvalue weighted by molar-refractivity contribution is 0.0523. The number of ether oxygens (including phenoxy) is 1. The molecule has 0 bridgehead atoms. The lowest BCUT2D eigenvalue weighted by Crippen LogP contribution is -2.50. The smallest absolute Gasteiger partial charge is 0.407 e. The summed E-state index contributed by atoms with van der Waals surface area (Å²) in [4.78, 5) is 40.2. The van der Waals surface area contributed by atoms with Gasteiger partial charge in [-0.05, 0) is 56.7 Å². The average Bonchev–Trinajstić information content (AvgIpc) is 2.78. The van der Waals surface area contributed by atoms with Crippen molar-refractivity contribution >= 4 is 17.9 Å². The van der Waals surface area contributed by atoms with Crippen molar-refractivity contribution in [1.29, 1.82) is 0 Å². The highest BCUT2D eigenvalue weighted by atomic mass is 19.2. The molecule has 0 radical (unpaired) electrons. The molecule has 0 atom stereocenters. The minimum atomic E-state index is -1.07. The zero-order valence-corrected chi connectivity index (χ0v) is 18.9. The molecule has 176 valence electrons. The number of amides is 3. The van der Waals surface area contributed by atoms with Crippen molar-refractivity contribution < 1.29 is 27.9 Å². The van der Waals surface area contributed by atoms with E-state index in [2.05, 4.69) is 5.32 Å². The van der Waals surface area contributed by atoms with E-state index in [1.165, 1.54) is 11.0 Å². The predicted octanol–water partition coefficient (Wildman–Crippen LogP) is 3.59. The molecule has 1 aliphatic heterocycles. The van der Waals surface area contributed by atoms with E-state index in [0.29, 0.717) is 31.7 Å². The van der Waals surface area contributed by atoms with Gasteiger partial charge in [0.15, 0.2) is 11.6 Å². The maximum absolute atomic E-state index is 13.4. The van der Waals surface area contributed by atoms with E-state index in [4.69, 9.17) is 4.74 Å². The zero-order chi connectivity index (χ0) is 24.2. The van der Waals surface area contributed by atoms with Gasteiger partial charge in [0, 0.05) is 43.9 Å². The molecule has 3 rings (SSSR count). The summed E-state index contributed by atoms with van der Waals surface area (Å²) in [6.07, 6.45) is -0.515. The Morgan fingerprint density at radius 1 is 0.848 bits per heavy atom. The van der Waals surface area contributed by atoms with Crippen LogP contribution >= 0.6 is 0 Å². The van der Waals surface area contributed by atoms with E-state index in [1.54, 1.807) is 49.9 Å². The van der Waals surface area contributed by atoms with Crippen LogP contribution in [0, 0.1) is 11.6 Å². The summed E-state index contributed by atoms with van der Waals surface area (Å²) in [5.41, 5.74) is 0.810. The minimum Gasteiger partial charge on any atom is -0.444 e. The first-order valence-electron chi connectivity index (χ1n) is 10.6. The van der Waals surface area contributed by atoms with E-state index in [-0.39, 0.29) is 18.0 Å². The number of rotatable bonds is 4. The van der Waals surface area contributed by atoms with Crippen LogP contribution in [0.5, 0.6) is 0 Å². The molecule has 1 heterocycles. The van der Waals surface area contributed by atoms with Crippen LogP contribution in [-0.4, -0.2) is 59.5 Å². The Balaban J connectivity index is 1.51. The summed E-state index contributed by atoms with van der Waals surface area (Å²) in [5.74, 6) is -2.64. The third-order valence-electron chi connectivity index (χ3n) is 5.06. The molecule has 3 amide bonds. The number of hydrogen-bond acceptors (Lipinski definition) is 4. The number of hydrogen-bond donors (Lipinski definition) is 1. The Labute approximate surface area is 191 Å². The molecule has 33 heavy (non-hydrogen) atoms. The van der Waals surface area contributed by atoms with Crippen LogP contribution in [0.25, 0.3) is 0 Å². The maximum Gasteiger partial charge on any atom is 0.407 e. The van der Waals surface area contributed by atoms with Crippen LogP contribution in [0.15, 0.2) is 42.5 Å². The average molecular weight is 459 g/mol. The van der Waals surface area contributed by atoms with Crippen molar-refractivity contribution in [2.45, 2.75) is 32.9 Å². The Morgan fingerprint density at radius 3 is 1.88 bits per heavy atom. The Hall–Kier alpha value is -3.49. The van der Waals surface area contributed by atoms with Crippen LogP contribution in [0.4, 0.5) is 13.6 Å². The number of carbonyl (C=O) groups excluding carboxylic acids is 3. The monoisotopic (exact) mass is 459 g/mol. The highest BCUT2D eigenvalue weighted by molar-refractivity contribution is 5.96. The fourth-order valence-electron chi connectivity index (χ4n) is 3.36. The summed E-state index contributed by atoms with van der Waals surface area (Å²) in [5, 5.41) is 2.66. The van der Waals surface area contributed by atoms with Crippen LogP contribution in [0.3, 0.4) is 0 Å². The van der Waals surface area contributed by atoms with Crippen molar-refractivity contribution in [3.05, 3.63) is 70.8 Å². The molecule has 0 aromatic heterocycles. The van der Waals surface area contributed by atoms with Crippen molar-refractivity contribution in [2.24, 2.45) is 0 Å². The van der Waals surface area contributed by atoms with Gasteiger partial charge in [0.2, 0.25) is 0 Å². The molecule has 7 nitrogen and oxygen atoms in total. The van der Waals surface area contributed by atoms with E-state index in [1.807, 2.05) is 0 Å². The number of alkyl carbamates (subject to hydrolysis) is 1. The zero-order valence-electron chi connectivity index (χ0n) is 18.9.